The Balaban J connectivity index is 1.62. The number of hydrogen-bond acceptors (Lipinski definition) is 8. The van der Waals surface area contributed by atoms with Gasteiger partial charge in [-0.25, -0.2) is 9.36 Å². The Morgan fingerprint density at radius 3 is 2.57 bits per heavy atom. The number of phosphoric acid groups is 1. The standard InChI is InChI=1S/C22H24N3O9P/c1-13-4-2-3-5-16(13)14-6-8-23-15(10-14)11-25-18(26)7-9-24(22(25)29)21-20(28)19(27)17(34-21)12-33-35(30,31)32/h2-10,17,19-21,27-28H,11-12H2,1H3,(H2,30,31,32)/t17-,19+,20+,21-/m1/s1. The van der Waals surface area contributed by atoms with Crippen LogP contribution >= 0.6 is 7.82 Å². The summed E-state index contributed by atoms with van der Waals surface area (Å²) in [6.45, 7) is 1.09. The summed E-state index contributed by atoms with van der Waals surface area (Å²) in [6.07, 6.45) is -3.25. The SMILES string of the molecule is Cc1ccccc1-c1ccnc(Cn2c(=O)ccn([C@@H]3O[C@H](COP(=O)(O)O)[C@H](O)[C@@H]3O)c2=O)c1. The minimum Gasteiger partial charge on any atom is -0.387 e. The molecule has 4 atom stereocenters. The Morgan fingerprint density at radius 2 is 1.86 bits per heavy atom. The van der Waals surface area contributed by atoms with Crippen LogP contribution in [-0.4, -0.2) is 59.0 Å². The van der Waals surface area contributed by atoms with Gasteiger partial charge in [-0.15, -0.1) is 0 Å². The number of aliphatic hydroxyl groups excluding tert-OH is 2. The van der Waals surface area contributed by atoms with Crippen LogP contribution in [-0.2, 0) is 20.4 Å². The van der Waals surface area contributed by atoms with E-state index in [0.29, 0.717) is 5.69 Å². The molecule has 0 saturated carbocycles. The minimum absolute atomic E-state index is 0.158. The molecular weight excluding hydrogens is 481 g/mol. The van der Waals surface area contributed by atoms with Crippen molar-refractivity contribution in [2.24, 2.45) is 0 Å². The Hall–Kier alpha value is -2.96. The molecule has 1 saturated heterocycles. The van der Waals surface area contributed by atoms with Gasteiger partial charge in [0.05, 0.1) is 18.8 Å². The predicted molar refractivity (Wildman–Crippen MR) is 122 cm³/mol. The molecule has 0 amide bonds. The van der Waals surface area contributed by atoms with Crippen molar-refractivity contribution in [1.82, 2.24) is 14.1 Å². The molecule has 4 rings (SSSR count). The Labute approximate surface area is 198 Å². The van der Waals surface area contributed by atoms with Crippen molar-refractivity contribution in [3.05, 3.63) is 87.0 Å². The van der Waals surface area contributed by atoms with Crippen LogP contribution in [0.25, 0.3) is 11.1 Å². The molecule has 12 nitrogen and oxygen atoms in total. The van der Waals surface area contributed by atoms with E-state index in [9.17, 15) is 24.4 Å². The van der Waals surface area contributed by atoms with Crippen molar-refractivity contribution in [3.63, 3.8) is 0 Å². The van der Waals surface area contributed by atoms with Crippen molar-refractivity contribution >= 4 is 7.82 Å². The van der Waals surface area contributed by atoms with Crippen LogP contribution in [0.5, 0.6) is 0 Å². The lowest BCUT2D eigenvalue weighted by Crippen LogP contribution is -2.43. The predicted octanol–water partition coefficient (Wildman–Crippen LogP) is 0.157. The van der Waals surface area contributed by atoms with E-state index in [1.54, 1.807) is 12.3 Å². The molecule has 3 aromatic rings. The van der Waals surface area contributed by atoms with Crippen LogP contribution in [0.3, 0.4) is 0 Å². The molecule has 4 N–H and O–H groups in total. The summed E-state index contributed by atoms with van der Waals surface area (Å²) < 4.78 is 22.6. The Morgan fingerprint density at radius 1 is 1.11 bits per heavy atom. The molecule has 35 heavy (non-hydrogen) atoms. The van der Waals surface area contributed by atoms with Gasteiger partial charge < -0.3 is 24.7 Å². The van der Waals surface area contributed by atoms with E-state index in [4.69, 9.17) is 14.5 Å². The number of nitrogens with zero attached hydrogens (tertiary/aromatic N) is 3. The van der Waals surface area contributed by atoms with E-state index in [1.807, 2.05) is 37.3 Å². The zero-order chi connectivity index (χ0) is 25.3. The summed E-state index contributed by atoms with van der Waals surface area (Å²) in [5.74, 6) is 0. The molecule has 0 bridgehead atoms. The number of aliphatic hydroxyl groups is 2. The van der Waals surface area contributed by atoms with Gasteiger partial charge in [0.25, 0.3) is 5.56 Å². The summed E-state index contributed by atoms with van der Waals surface area (Å²) in [7, 11) is -4.84. The summed E-state index contributed by atoms with van der Waals surface area (Å²) in [5, 5.41) is 20.6. The number of phosphoric ester groups is 1. The first-order valence-corrected chi connectivity index (χ1v) is 12.1. The van der Waals surface area contributed by atoms with E-state index < -0.39 is 50.2 Å². The second-order valence-electron chi connectivity index (χ2n) is 8.11. The molecule has 0 aliphatic carbocycles. The fraction of sp³-hybridized carbons (Fsp3) is 0.318. The summed E-state index contributed by atoms with van der Waals surface area (Å²) in [4.78, 5) is 47.6. The average molecular weight is 505 g/mol. The summed E-state index contributed by atoms with van der Waals surface area (Å²) in [5.41, 5.74) is 1.91. The Bertz CT molecular complexity index is 1380. The zero-order valence-corrected chi connectivity index (χ0v) is 19.4. The number of aryl methyl sites for hydroxylation is 1. The highest BCUT2D eigenvalue weighted by atomic mass is 31.2. The normalized spacial score (nSPS) is 22.4. The van der Waals surface area contributed by atoms with Crippen LogP contribution in [0.1, 0.15) is 17.5 Å². The molecule has 0 radical (unpaired) electrons. The molecule has 0 spiro atoms. The van der Waals surface area contributed by atoms with Gasteiger partial charge in [-0.3, -0.25) is 23.4 Å². The number of pyridine rings is 1. The molecule has 0 unspecified atom stereocenters. The maximum Gasteiger partial charge on any atom is 0.469 e. The number of benzene rings is 1. The second kappa shape index (κ2) is 9.96. The van der Waals surface area contributed by atoms with Crippen LogP contribution < -0.4 is 11.2 Å². The maximum absolute atomic E-state index is 13.1. The van der Waals surface area contributed by atoms with Crippen molar-refractivity contribution in [2.75, 3.05) is 6.61 Å². The van der Waals surface area contributed by atoms with Gasteiger partial charge in [-0.05, 0) is 35.7 Å². The van der Waals surface area contributed by atoms with E-state index >= 15 is 0 Å². The fourth-order valence-corrected chi connectivity index (χ4v) is 4.27. The molecule has 1 aliphatic rings. The first-order valence-electron chi connectivity index (χ1n) is 10.6. The molecule has 2 aromatic heterocycles. The largest absolute Gasteiger partial charge is 0.469 e. The van der Waals surface area contributed by atoms with E-state index in [1.165, 1.54) is 0 Å². The van der Waals surface area contributed by atoms with Gasteiger partial charge in [0.1, 0.15) is 18.3 Å². The van der Waals surface area contributed by atoms with E-state index in [2.05, 4.69) is 9.51 Å². The zero-order valence-electron chi connectivity index (χ0n) is 18.5. The Kier molecular flexibility index (Phi) is 7.15. The summed E-state index contributed by atoms with van der Waals surface area (Å²) >= 11 is 0. The van der Waals surface area contributed by atoms with Gasteiger partial charge in [0, 0.05) is 18.5 Å². The second-order valence-corrected chi connectivity index (χ2v) is 9.35. The first kappa shape index (κ1) is 25.1. The van der Waals surface area contributed by atoms with Crippen LogP contribution in [0, 0.1) is 6.92 Å². The summed E-state index contributed by atoms with van der Waals surface area (Å²) in [6, 6.07) is 12.4. The smallest absolute Gasteiger partial charge is 0.387 e. The van der Waals surface area contributed by atoms with Gasteiger partial charge >= 0.3 is 13.5 Å². The quantitative estimate of drug-likeness (QED) is 0.324. The first-order chi connectivity index (χ1) is 16.5. The highest BCUT2D eigenvalue weighted by Crippen LogP contribution is 2.38. The lowest BCUT2D eigenvalue weighted by molar-refractivity contribution is -0.0548. The molecule has 1 fully saturated rings. The highest BCUT2D eigenvalue weighted by Gasteiger charge is 2.45. The third-order valence-electron chi connectivity index (χ3n) is 5.71. The number of ether oxygens (including phenoxy) is 1. The van der Waals surface area contributed by atoms with E-state index in [-0.39, 0.29) is 6.54 Å². The van der Waals surface area contributed by atoms with Crippen LogP contribution in [0.2, 0.25) is 0 Å². The third kappa shape index (κ3) is 5.49. The monoisotopic (exact) mass is 505 g/mol. The number of aromatic nitrogens is 3. The molecular formula is C22H24N3O9P. The van der Waals surface area contributed by atoms with Gasteiger partial charge in [-0.1, -0.05) is 24.3 Å². The highest BCUT2D eigenvalue weighted by molar-refractivity contribution is 7.46. The fourth-order valence-electron chi connectivity index (χ4n) is 3.93. The molecule has 3 heterocycles. The number of hydrogen-bond donors (Lipinski definition) is 4. The van der Waals surface area contributed by atoms with Crippen molar-refractivity contribution < 1.29 is 33.8 Å². The van der Waals surface area contributed by atoms with Gasteiger partial charge in [-0.2, -0.15) is 0 Å². The van der Waals surface area contributed by atoms with Crippen LogP contribution in [0.15, 0.2) is 64.4 Å². The lowest BCUT2D eigenvalue weighted by Gasteiger charge is -2.19. The molecule has 13 heteroatoms. The maximum atomic E-state index is 13.1. The lowest BCUT2D eigenvalue weighted by atomic mass is 10.0. The molecule has 1 aliphatic heterocycles. The van der Waals surface area contributed by atoms with Gasteiger partial charge in [0.15, 0.2) is 6.23 Å². The number of rotatable bonds is 7. The third-order valence-corrected chi connectivity index (χ3v) is 6.19. The topological polar surface area (TPSA) is 173 Å². The van der Waals surface area contributed by atoms with Gasteiger partial charge in [0.2, 0.25) is 0 Å². The van der Waals surface area contributed by atoms with Crippen LogP contribution in [0.4, 0.5) is 0 Å². The minimum atomic E-state index is -4.84. The molecule has 1 aromatic carbocycles. The van der Waals surface area contributed by atoms with Crippen molar-refractivity contribution in [2.45, 2.75) is 38.0 Å². The molecule has 186 valence electrons. The van der Waals surface area contributed by atoms with E-state index in [0.717, 1.165) is 38.1 Å². The van der Waals surface area contributed by atoms with Crippen molar-refractivity contribution in [1.29, 1.82) is 0 Å². The average Bonchev–Trinajstić information content (AvgIpc) is 3.09. The van der Waals surface area contributed by atoms with Crippen molar-refractivity contribution in [3.8, 4) is 11.1 Å².